The Morgan fingerprint density at radius 1 is 1.04 bits per heavy atom. The number of aromatic nitrogens is 1. The molecule has 1 fully saturated rings. The van der Waals surface area contributed by atoms with Gasteiger partial charge in [-0.1, -0.05) is 24.3 Å². The van der Waals surface area contributed by atoms with Gasteiger partial charge in [-0.3, -0.25) is 9.69 Å². The second-order valence-corrected chi connectivity index (χ2v) is 10.0. The summed E-state index contributed by atoms with van der Waals surface area (Å²) in [5.74, 6) is -0.222. The van der Waals surface area contributed by atoms with Crippen molar-refractivity contribution in [2.24, 2.45) is 0 Å². The highest BCUT2D eigenvalue weighted by Crippen LogP contribution is 2.23. The van der Waals surface area contributed by atoms with E-state index in [4.69, 9.17) is 0 Å². The third-order valence-electron chi connectivity index (χ3n) is 4.87. The summed E-state index contributed by atoms with van der Waals surface area (Å²) in [6.07, 6.45) is 1.13. The van der Waals surface area contributed by atoms with E-state index in [2.05, 4.69) is 16.0 Å². The maximum absolute atomic E-state index is 12.9. The number of hydrogen-bond acceptors (Lipinski definition) is 6. The number of sulfone groups is 1. The van der Waals surface area contributed by atoms with Gasteiger partial charge < -0.3 is 4.90 Å². The molecule has 28 heavy (non-hydrogen) atoms. The molecule has 8 heteroatoms. The van der Waals surface area contributed by atoms with Crippen LogP contribution in [0.4, 0.5) is 0 Å². The van der Waals surface area contributed by atoms with Crippen molar-refractivity contribution in [3.8, 4) is 0 Å². The number of nitrogens with zero attached hydrogens (tertiary/aromatic N) is 3. The first-order valence-corrected chi connectivity index (χ1v) is 11.8. The van der Waals surface area contributed by atoms with Crippen molar-refractivity contribution in [1.29, 1.82) is 0 Å². The van der Waals surface area contributed by atoms with Gasteiger partial charge in [-0.15, -0.1) is 11.3 Å². The second-order valence-electron chi connectivity index (χ2n) is 6.91. The topological polar surface area (TPSA) is 70.6 Å². The Bertz CT molecular complexity index is 1080. The molecule has 0 radical (unpaired) electrons. The summed E-state index contributed by atoms with van der Waals surface area (Å²) in [5.41, 5.74) is 1.28. The molecule has 146 valence electrons. The van der Waals surface area contributed by atoms with E-state index >= 15 is 0 Å². The van der Waals surface area contributed by atoms with Gasteiger partial charge in [0, 0.05) is 32.4 Å². The summed E-state index contributed by atoms with van der Waals surface area (Å²) in [6, 6.07) is 14.5. The van der Waals surface area contributed by atoms with Crippen molar-refractivity contribution in [2.75, 3.05) is 32.4 Å². The Hall–Kier alpha value is -2.29. The van der Waals surface area contributed by atoms with Crippen molar-refractivity contribution >= 4 is 37.3 Å². The molecule has 6 nitrogen and oxygen atoms in total. The van der Waals surface area contributed by atoms with Gasteiger partial charge in [0.2, 0.25) is 0 Å². The number of piperazine rings is 1. The Labute approximate surface area is 168 Å². The van der Waals surface area contributed by atoms with Crippen LogP contribution in [0, 0.1) is 0 Å². The predicted molar refractivity (Wildman–Crippen MR) is 110 cm³/mol. The molecule has 0 saturated carbocycles. The SMILES string of the molecule is CS(=O)(=O)c1ccccc1C(=O)N1CCN(Cc2nc3ccccc3s2)CC1. The normalized spacial score (nSPS) is 15.8. The Kier molecular flexibility index (Phi) is 5.18. The smallest absolute Gasteiger partial charge is 0.255 e. The fraction of sp³-hybridized carbons (Fsp3) is 0.300. The summed E-state index contributed by atoms with van der Waals surface area (Å²) in [7, 11) is -3.45. The van der Waals surface area contributed by atoms with Crippen molar-refractivity contribution in [3.63, 3.8) is 0 Å². The highest BCUT2D eigenvalue weighted by atomic mass is 32.2. The first-order chi connectivity index (χ1) is 13.4. The van der Waals surface area contributed by atoms with Crippen LogP contribution in [0.2, 0.25) is 0 Å². The average Bonchev–Trinajstić information content (AvgIpc) is 3.09. The minimum absolute atomic E-state index is 0.0944. The molecule has 3 aromatic rings. The summed E-state index contributed by atoms with van der Waals surface area (Å²) >= 11 is 1.70. The molecule has 1 amide bonds. The zero-order chi connectivity index (χ0) is 19.7. The van der Waals surface area contributed by atoms with Crippen LogP contribution in [-0.4, -0.2) is 61.5 Å². The number of benzene rings is 2. The van der Waals surface area contributed by atoms with E-state index in [9.17, 15) is 13.2 Å². The van der Waals surface area contributed by atoms with E-state index in [0.29, 0.717) is 13.1 Å². The Balaban J connectivity index is 1.42. The monoisotopic (exact) mass is 415 g/mol. The molecule has 0 aliphatic carbocycles. The molecule has 1 aromatic heterocycles. The molecule has 0 atom stereocenters. The van der Waals surface area contributed by atoms with Crippen molar-refractivity contribution in [1.82, 2.24) is 14.8 Å². The lowest BCUT2D eigenvalue weighted by Crippen LogP contribution is -2.48. The fourth-order valence-corrected chi connectivity index (χ4v) is 5.32. The van der Waals surface area contributed by atoms with Crippen molar-refractivity contribution in [3.05, 3.63) is 59.1 Å². The maximum Gasteiger partial charge on any atom is 0.255 e. The molecule has 0 unspecified atom stereocenters. The van der Waals surface area contributed by atoms with Gasteiger partial charge in [-0.2, -0.15) is 0 Å². The van der Waals surface area contributed by atoms with Gasteiger partial charge in [0.1, 0.15) is 5.01 Å². The standard InChI is InChI=1S/C20H21N3O3S2/c1-28(25,26)18-9-5-2-6-15(18)20(24)23-12-10-22(11-13-23)14-19-21-16-7-3-4-8-17(16)27-19/h2-9H,10-14H2,1H3. The maximum atomic E-state index is 12.9. The number of fused-ring (bicyclic) bond motifs is 1. The van der Waals surface area contributed by atoms with E-state index in [1.807, 2.05) is 18.2 Å². The molecule has 2 heterocycles. The van der Waals surface area contributed by atoms with Crippen molar-refractivity contribution in [2.45, 2.75) is 11.4 Å². The zero-order valence-corrected chi connectivity index (χ0v) is 17.2. The quantitative estimate of drug-likeness (QED) is 0.655. The minimum atomic E-state index is -3.45. The van der Waals surface area contributed by atoms with Crippen LogP contribution < -0.4 is 0 Å². The third-order valence-corrected chi connectivity index (χ3v) is 7.05. The summed E-state index contributed by atoms with van der Waals surface area (Å²) < 4.78 is 25.2. The van der Waals surface area contributed by atoms with Crippen LogP contribution in [0.15, 0.2) is 53.4 Å². The Morgan fingerprint density at radius 3 is 2.43 bits per heavy atom. The largest absolute Gasteiger partial charge is 0.336 e. The van der Waals surface area contributed by atoms with E-state index < -0.39 is 9.84 Å². The van der Waals surface area contributed by atoms with E-state index in [1.54, 1.807) is 34.4 Å². The molecule has 1 saturated heterocycles. The van der Waals surface area contributed by atoms with E-state index in [0.717, 1.165) is 36.4 Å². The summed E-state index contributed by atoms with van der Waals surface area (Å²) in [4.78, 5) is 21.7. The highest BCUT2D eigenvalue weighted by Gasteiger charge is 2.26. The van der Waals surface area contributed by atoms with Gasteiger partial charge in [0.15, 0.2) is 9.84 Å². The van der Waals surface area contributed by atoms with Crippen LogP contribution in [0.3, 0.4) is 0 Å². The molecule has 1 aliphatic rings. The predicted octanol–water partition coefficient (Wildman–Crippen LogP) is 2.66. The van der Waals surface area contributed by atoms with Crippen LogP contribution in [0.25, 0.3) is 10.2 Å². The first-order valence-electron chi connectivity index (χ1n) is 9.07. The van der Waals surface area contributed by atoms with Crippen molar-refractivity contribution < 1.29 is 13.2 Å². The average molecular weight is 416 g/mol. The van der Waals surface area contributed by atoms with Crippen LogP contribution in [-0.2, 0) is 16.4 Å². The molecule has 2 aromatic carbocycles. The lowest BCUT2D eigenvalue weighted by Gasteiger charge is -2.34. The van der Waals surface area contributed by atoms with Crippen LogP contribution in [0.5, 0.6) is 0 Å². The number of carbonyl (C=O) groups excluding carboxylic acids is 1. The third kappa shape index (κ3) is 3.94. The highest BCUT2D eigenvalue weighted by molar-refractivity contribution is 7.90. The minimum Gasteiger partial charge on any atom is -0.336 e. The molecule has 1 aliphatic heterocycles. The molecule has 4 rings (SSSR count). The van der Waals surface area contributed by atoms with Gasteiger partial charge in [0.25, 0.3) is 5.91 Å². The van der Waals surface area contributed by atoms with Gasteiger partial charge >= 0.3 is 0 Å². The lowest BCUT2D eigenvalue weighted by molar-refractivity contribution is 0.0624. The molecule has 0 N–H and O–H groups in total. The molecular formula is C20H21N3O3S2. The number of hydrogen-bond donors (Lipinski definition) is 0. The number of thiazole rings is 1. The Morgan fingerprint density at radius 2 is 1.71 bits per heavy atom. The zero-order valence-electron chi connectivity index (χ0n) is 15.5. The van der Waals surface area contributed by atoms with Crippen LogP contribution >= 0.6 is 11.3 Å². The first kappa shape index (κ1) is 19.0. The molecular weight excluding hydrogens is 394 g/mol. The summed E-state index contributed by atoms with van der Waals surface area (Å²) in [5, 5.41) is 1.07. The van der Waals surface area contributed by atoms with E-state index in [-0.39, 0.29) is 16.4 Å². The fourth-order valence-electron chi connectivity index (χ4n) is 3.42. The number of para-hydroxylation sites is 1. The number of rotatable bonds is 4. The van der Waals surface area contributed by atoms with Gasteiger partial charge in [-0.25, -0.2) is 13.4 Å². The summed E-state index contributed by atoms with van der Waals surface area (Å²) in [6.45, 7) is 3.39. The lowest BCUT2D eigenvalue weighted by atomic mass is 10.2. The van der Waals surface area contributed by atoms with E-state index in [1.165, 1.54) is 10.8 Å². The second kappa shape index (κ2) is 7.62. The molecule has 0 spiro atoms. The van der Waals surface area contributed by atoms with Gasteiger partial charge in [0.05, 0.1) is 27.2 Å². The number of amides is 1. The number of carbonyl (C=O) groups is 1. The van der Waals surface area contributed by atoms with Gasteiger partial charge in [-0.05, 0) is 24.3 Å². The molecule has 0 bridgehead atoms. The van der Waals surface area contributed by atoms with Crippen LogP contribution in [0.1, 0.15) is 15.4 Å².